The zero-order valence-electron chi connectivity index (χ0n) is 26.2. The lowest BCUT2D eigenvalue weighted by Crippen LogP contribution is -2.32. The molecule has 5 aromatic carbocycles. The second kappa shape index (κ2) is 11.4. The third-order valence-corrected chi connectivity index (χ3v) is 8.57. The number of methoxy groups -OCH3 is 4. The van der Waals surface area contributed by atoms with Crippen LogP contribution in [0.1, 0.15) is 32.3 Å². The fraction of sp³-hybridized carbons (Fsp3) is 0.306. The lowest BCUT2D eigenvalue weighted by atomic mass is 9.92. The zero-order chi connectivity index (χ0) is 31.2. The Labute approximate surface area is 256 Å². The number of aromatic nitrogens is 1. The number of oxazole rings is 1. The van der Waals surface area contributed by atoms with Crippen molar-refractivity contribution in [3.05, 3.63) is 60.2 Å². The number of hydrogen-bond donors (Lipinski definition) is 1. The monoisotopic (exact) mass is 595 g/mol. The first kappa shape index (κ1) is 29.4. The first-order chi connectivity index (χ1) is 21.3. The topological polar surface area (TPSA) is 92.4 Å². The van der Waals surface area contributed by atoms with Crippen molar-refractivity contribution in [2.24, 2.45) is 0 Å². The van der Waals surface area contributed by atoms with Crippen molar-refractivity contribution in [3.63, 3.8) is 0 Å². The molecular weight excluding hydrogens is 558 g/mol. The van der Waals surface area contributed by atoms with Gasteiger partial charge in [-0.1, -0.05) is 24.6 Å². The van der Waals surface area contributed by atoms with Crippen LogP contribution in [0.5, 0.6) is 28.7 Å². The molecule has 44 heavy (non-hydrogen) atoms. The van der Waals surface area contributed by atoms with Gasteiger partial charge in [0.05, 0.1) is 28.4 Å². The van der Waals surface area contributed by atoms with Gasteiger partial charge >= 0.3 is 0 Å². The van der Waals surface area contributed by atoms with Crippen molar-refractivity contribution in [3.8, 4) is 40.2 Å². The van der Waals surface area contributed by atoms with Crippen LogP contribution in [0.25, 0.3) is 54.9 Å². The highest BCUT2D eigenvalue weighted by Gasteiger charge is 2.27. The second-order valence-corrected chi connectivity index (χ2v) is 11.2. The summed E-state index contributed by atoms with van der Waals surface area (Å²) in [6.07, 6.45) is 1.18. The predicted octanol–water partition coefficient (Wildman–Crippen LogP) is 8.23. The Morgan fingerprint density at radius 2 is 1.23 bits per heavy atom. The predicted molar refractivity (Wildman–Crippen MR) is 174 cm³/mol. The molecule has 228 valence electrons. The van der Waals surface area contributed by atoms with Crippen LogP contribution in [0.15, 0.2) is 59.0 Å². The maximum atomic E-state index is 9.78. The fourth-order valence-corrected chi connectivity index (χ4v) is 5.86. The number of hydrogen-bond acceptors (Lipinski definition) is 8. The summed E-state index contributed by atoms with van der Waals surface area (Å²) in [5.74, 6) is 3.44. The number of ether oxygens (including phenoxy) is 5. The van der Waals surface area contributed by atoms with Crippen molar-refractivity contribution >= 4 is 43.4 Å². The van der Waals surface area contributed by atoms with Crippen molar-refractivity contribution in [1.29, 1.82) is 0 Å². The average molecular weight is 596 g/mol. The van der Waals surface area contributed by atoms with Crippen molar-refractivity contribution in [2.45, 2.75) is 39.2 Å². The lowest BCUT2D eigenvalue weighted by molar-refractivity contribution is 0.0525. The molecule has 8 nitrogen and oxygen atoms in total. The Hall–Kier alpha value is -4.69. The average Bonchev–Trinajstić information content (AvgIpc) is 3.49. The van der Waals surface area contributed by atoms with Crippen LogP contribution in [0.4, 0.5) is 0 Å². The van der Waals surface area contributed by atoms with E-state index in [0.29, 0.717) is 58.6 Å². The molecule has 0 saturated carbocycles. The largest absolute Gasteiger partial charge is 0.493 e. The van der Waals surface area contributed by atoms with Crippen LogP contribution in [-0.2, 0) is 0 Å². The van der Waals surface area contributed by atoms with Gasteiger partial charge in [0.15, 0.2) is 34.3 Å². The van der Waals surface area contributed by atoms with E-state index in [-0.39, 0.29) is 6.61 Å². The normalized spacial score (nSPS) is 13.0. The van der Waals surface area contributed by atoms with Crippen molar-refractivity contribution in [1.82, 2.24) is 4.98 Å². The zero-order valence-corrected chi connectivity index (χ0v) is 26.2. The number of aliphatic hydroxyl groups is 1. The third kappa shape index (κ3) is 4.79. The molecule has 1 unspecified atom stereocenters. The van der Waals surface area contributed by atoms with Crippen LogP contribution in [0.3, 0.4) is 0 Å². The lowest BCUT2D eigenvalue weighted by Gasteiger charge is -2.30. The molecule has 0 amide bonds. The molecule has 1 aromatic heterocycles. The maximum absolute atomic E-state index is 9.78. The molecule has 0 bridgehead atoms. The highest BCUT2D eigenvalue weighted by molar-refractivity contribution is 6.32. The molecule has 0 spiro atoms. The molecule has 0 saturated heterocycles. The van der Waals surface area contributed by atoms with Gasteiger partial charge in [0.25, 0.3) is 0 Å². The number of aryl methyl sites for hydroxylation is 1. The van der Waals surface area contributed by atoms with Crippen LogP contribution < -0.4 is 23.7 Å². The van der Waals surface area contributed by atoms with Crippen LogP contribution in [0, 0.1) is 6.92 Å². The molecule has 0 fully saturated rings. The summed E-state index contributed by atoms with van der Waals surface area (Å²) >= 11 is 0. The van der Waals surface area contributed by atoms with Crippen LogP contribution in [0.2, 0.25) is 0 Å². The van der Waals surface area contributed by atoms with E-state index in [1.54, 1.807) is 28.4 Å². The van der Waals surface area contributed by atoms with Crippen LogP contribution in [-0.4, -0.2) is 50.7 Å². The molecule has 0 aliphatic heterocycles. The SMILES string of the molecule is CCC(C)(CCO)Oc1cc2c(cc1OC)c1cc(OC)c(OC)cc1c1cc(OC)c3oc(-c4ccc(C)cc4)nc3c21. The Morgan fingerprint density at radius 3 is 1.75 bits per heavy atom. The van der Waals surface area contributed by atoms with Gasteiger partial charge < -0.3 is 33.2 Å². The molecule has 0 aliphatic carbocycles. The van der Waals surface area contributed by atoms with Gasteiger partial charge in [-0.25, -0.2) is 4.98 Å². The van der Waals surface area contributed by atoms with Gasteiger partial charge in [-0.15, -0.1) is 0 Å². The number of aliphatic hydroxyl groups excluding tert-OH is 1. The third-order valence-electron chi connectivity index (χ3n) is 8.57. The van der Waals surface area contributed by atoms with E-state index >= 15 is 0 Å². The summed E-state index contributed by atoms with van der Waals surface area (Å²) in [6.45, 7) is 6.10. The Bertz CT molecular complexity index is 2010. The summed E-state index contributed by atoms with van der Waals surface area (Å²) < 4.78 is 36.2. The van der Waals surface area contributed by atoms with E-state index in [4.69, 9.17) is 33.1 Å². The molecule has 6 rings (SSSR count). The van der Waals surface area contributed by atoms with E-state index < -0.39 is 5.60 Å². The highest BCUT2D eigenvalue weighted by Crippen LogP contribution is 2.48. The van der Waals surface area contributed by atoms with E-state index in [0.717, 1.165) is 43.4 Å². The number of fused-ring (bicyclic) bond motifs is 8. The molecule has 1 atom stereocenters. The standard InChI is InChI=1S/C36H37NO7/c1-8-36(3,13-14-38)44-30-18-25-24(17-29(30)41-6)22-15-27(39-4)28(40-5)16-23(22)26-19-31(42-7)34-33(32(25)26)37-35(43-34)21-11-9-20(2)10-12-21/h9-12,15-19,38H,8,13-14H2,1-7H3. The number of rotatable bonds is 10. The molecule has 0 aliphatic rings. The first-order valence-corrected chi connectivity index (χ1v) is 14.7. The maximum Gasteiger partial charge on any atom is 0.227 e. The minimum absolute atomic E-state index is 0.0105. The number of benzene rings is 5. The Balaban J connectivity index is 1.79. The first-order valence-electron chi connectivity index (χ1n) is 14.7. The van der Waals surface area contributed by atoms with Crippen molar-refractivity contribution < 1.29 is 33.2 Å². The molecular formula is C36H37NO7. The summed E-state index contributed by atoms with van der Waals surface area (Å²) in [6, 6.07) is 18.0. The summed E-state index contributed by atoms with van der Waals surface area (Å²) in [7, 11) is 6.51. The summed E-state index contributed by atoms with van der Waals surface area (Å²) in [5.41, 5.74) is 2.64. The summed E-state index contributed by atoms with van der Waals surface area (Å²) in [5, 5.41) is 15.3. The molecule has 8 heteroatoms. The Morgan fingerprint density at radius 1 is 0.727 bits per heavy atom. The van der Waals surface area contributed by atoms with E-state index in [2.05, 4.69) is 0 Å². The summed E-state index contributed by atoms with van der Waals surface area (Å²) in [4.78, 5) is 5.07. The fourth-order valence-electron chi connectivity index (χ4n) is 5.86. The molecule has 0 radical (unpaired) electrons. The smallest absolute Gasteiger partial charge is 0.227 e. The van der Waals surface area contributed by atoms with E-state index in [1.165, 1.54) is 0 Å². The van der Waals surface area contributed by atoms with Gasteiger partial charge in [0.1, 0.15) is 11.1 Å². The van der Waals surface area contributed by atoms with Gasteiger partial charge in [-0.3, -0.25) is 0 Å². The molecule has 1 N–H and O–H groups in total. The number of nitrogens with zero attached hydrogens (tertiary/aromatic N) is 1. The van der Waals surface area contributed by atoms with Crippen LogP contribution >= 0.6 is 0 Å². The molecule has 6 aromatic rings. The van der Waals surface area contributed by atoms with Gasteiger partial charge in [0, 0.05) is 24.0 Å². The van der Waals surface area contributed by atoms with Gasteiger partial charge in [-0.05, 0) is 89.7 Å². The van der Waals surface area contributed by atoms with E-state index in [9.17, 15) is 5.11 Å². The Kier molecular flexibility index (Phi) is 7.63. The minimum atomic E-state index is -0.593. The second-order valence-electron chi connectivity index (χ2n) is 11.2. The van der Waals surface area contributed by atoms with Gasteiger partial charge in [-0.2, -0.15) is 0 Å². The van der Waals surface area contributed by atoms with Crippen molar-refractivity contribution in [2.75, 3.05) is 35.0 Å². The highest BCUT2D eigenvalue weighted by atomic mass is 16.5. The minimum Gasteiger partial charge on any atom is -0.493 e. The van der Waals surface area contributed by atoms with Gasteiger partial charge in [0.2, 0.25) is 5.89 Å². The molecule has 1 heterocycles. The quantitative estimate of drug-likeness (QED) is 0.158. The van der Waals surface area contributed by atoms with E-state index in [1.807, 2.05) is 75.4 Å².